The van der Waals surface area contributed by atoms with Crippen LogP contribution < -0.4 is 0 Å². The molecule has 0 atom stereocenters. The number of aliphatic hydroxyl groups is 1. The highest BCUT2D eigenvalue weighted by Gasteiger charge is 2.32. The van der Waals surface area contributed by atoms with Crippen LogP contribution in [0, 0.1) is 5.41 Å². The maximum absolute atomic E-state index is 11.6. The second kappa shape index (κ2) is 8.65. The van der Waals surface area contributed by atoms with Crippen molar-refractivity contribution < 1.29 is 9.90 Å². The first kappa shape index (κ1) is 15.6. The number of rotatable bonds is 8. The fourth-order valence-corrected chi connectivity index (χ4v) is 2.98. The minimum Gasteiger partial charge on any atom is -0.395 e. The number of hydrogen-bond acceptors (Lipinski definition) is 3. The summed E-state index contributed by atoms with van der Waals surface area (Å²) < 4.78 is 0. The number of carbonyl (C=O) groups excluding carboxylic acids is 1. The van der Waals surface area contributed by atoms with Crippen LogP contribution in [-0.4, -0.2) is 42.5 Å². The SMILES string of the molecule is CCCCN(CCO)CC1(C=O)CCCCCC1. The first-order valence-corrected chi connectivity index (χ1v) is 7.56. The molecule has 0 spiro atoms. The maximum atomic E-state index is 11.6. The van der Waals surface area contributed by atoms with Crippen molar-refractivity contribution in [3.8, 4) is 0 Å². The molecule has 3 nitrogen and oxygen atoms in total. The monoisotopic (exact) mass is 255 g/mol. The van der Waals surface area contributed by atoms with E-state index in [1.165, 1.54) is 32.0 Å². The fraction of sp³-hybridized carbons (Fsp3) is 0.933. The summed E-state index contributed by atoms with van der Waals surface area (Å²) in [7, 11) is 0. The number of aldehydes is 1. The van der Waals surface area contributed by atoms with Crippen molar-refractivity contribution in [1.82, 2.24) is 4.90 Å². The van der Waals surface area contributed by atoms with Gasteiger partial charge in [0.1, 0.15) is 6.29 Å². The summed E-state index contributed by atoms with van der Waals surface area (Å²) in [6, 6.07) is 0. The van der Waals surface area contributed by atoms with E-state index in [1.54, 1.807) is 0 Å². The van der Waals surface area contributed by atoms with Gasteiger partial charge in [0.25, 0.3) is 0 Å². The normalized spacial score (nSPS) is 19.7. The number of aliphatic hydroxyl groups excluding tert-OH is 1. The van der Waals surface area contributed by atoms with Crippen LogP contribution in [0.5, 0.6) is 0 Å². The van der Waals surface area contributed by atoms with E-state index in [9.17, 15) is 4.79 Å². The maximum Gasteiger partial charge on any atom is 0.127 e. The second-order valence-electron chi connectivity index (χ2n) is 5.75. The molecule has 0 aromatic carbocycles. The van der Waals surface area contributed by atoms with Gasteiger partial charge in [-0.15, -0.1) is 0 Å². The zero-order valence-electron chi connectivity index (χ0n) is 11.9. The molecule has 0 aromatic heterocycles. The van der Waals surface area contributed by atoms with Crippen molar-refractivity contribution >= 4 is 6.29 Å². The molecule has 1 aliphatic rings. The Labute approximate surface area is 112 Å². The third-order valence-corrected chi connectivity index (χ3v) is 4.13. The minimum atomic E-state index is -0.139. The molecular formula is C15H29NO2. The number of hydrogen-bond donors (Lipinski definition) is 1. The molecule has 0 bridgehead atoms. The first-order valence-electron chi connectivity index (χ1n) is 7.56. The van der Waals surface area contributed by atoms with E-state index in [0.29, 0.717) is 6.54 Å². The summed E-state index contributed by atoms with van der Waals surface area (Å²) >= 11 is 0. The number of unbranched alkanes of at least 4 members (excludes halogenated alkanes) is 1. The van der Waals surface area contributed by atoms with Crippen LogP contribution in [-0.2, 0) is 4.79 Å². The van der Waals surface area contributed by atoms with Gasteiger partial charge in [0.15, 0.2) is 0 Å². The van der Waals surface area contributed by atoms with E-state index in [0.717, 1.165) is 38.8 Å². The molecule has 1 N–H and O–H groups in total. The molecule has 1 fully saturated rings. The topological polar surface area (TPSA) is 40.5 Å². The summed E-state index contributed by atoms with van der Waals surface area (Å²) in [6.07, 6.45) is 10.5. The Morgan fingerprint density at radius 1 is 1.17 bits per heavy atom. The van der Waals surface area contributed by atoms with Gasteiger partial charge < -0.3 is 14.8 Å². The zero-order valence-corrected chi connectivity index (χ0v) is 11.9. The van der Waals surface area contributed by atoms with Crippen LogP contribution in [0.2, 0.25) is 0 Å². The molecule has 1 aliphatic carbocycles. The van der Waals surface area contributed by atoms with Crippen molar-refractivity contribution in [2.45, 2.75) is 58.3 Å². The Morgan fingerprint density at radius 2 is 1.83 bits per heavy atom. The Hall–Kier alpha value is -0.410. The Balaban J connectivity index is 2.57. The predicted octanol–water partition coefficient (Wildman–Crippen LogP) is 2.62. The lowest BCUT2D eigenvalue weighted by molar-refractivity contribution is -0.118. The summed E-state index contributed by atoms with van der Waals surface area (Å²) in [5.41, 5.74) is -0.139. The summed E-state index contributed by atoms with van der Waals surface area (Å²) in [5, 5.41) is 9.15. The van der Waals surface area contributed by atoms with E-state index in [4.69, 9.17) is 5.11 Å². The molecule has 1 rings (SSSR count). The molecule has 0 unspecified atom stereocenters. The van der Waals surface area contributed by atoms with E-state index in [1.807, 2.05) is 0 Å². The molecule has 1 saturated carbocycles. The van der Waals surface area contributed by atoms with Gasteiger partial charge in [-0.05, 0) is 25.8 Å². The summed E-state index contributed by atoms with van der Waals surface area (Å²) in [6.45, 7) is 4.93. The molecule has 18 heavy (non-hydrogen) atoms. The second-order valence-corrected chi connectivity index (χ2v) is 5.75. The quantitative estimate of drug-likeness (QED) is 0.535. The van der Waals surface area contributed by atoms with E-state index >= 15 is 0 Å². The van der Waals surface area contributed by atoms with Gasteiger partial charge in [0.05, 0.1) is 6.61 Å². The molecule has 0 aliphatic heterocycles. The van der Waals surface area contributed by atoms with Crippen LogP contribution in [0.25, 0.3) is 0 Å². The van der Waals surface area contributed by atoms with Crippen LogP contribution in [0.15, 0.2) is 0 Å². The predicted molar refractivity (Wildman–Crippen MR) is 74.6 cm³/mol. The third kappa shape index (κ3) is 5.07. The summed E-state index contributed by atoms with van der Waals surface area (Å²) in [4.78, 5) is 13.8. The van der Waals surface area contributed by atoms with E-state index in [-0.39, 0.29) is 12.0 Å². The lowest BCUT2D eigenvalue weighted by atomic mass is 9.81. The lowest BCUT2D eigenvalue weighted by Crippen LogP contribution is -2.40. The van der Waals surface area contributed by atoms with Gasteiger partial charge >= 0.3 is 0 Å². The van der Waals surface area contributed by atoms with E-state index in [2.05, 4.69) is 11.8 Å². The molecule has 3 heteroatoms. The van der Waals surface area contributed by atoms with Gasteiger partial charge in [-0.2, -0.15) is 0 Å². The first-order chi connectivity index (χ1) is 8.76. The van der Waals surface area contributed by atoms with Gasteiger partial charge in [-0.3, -0.25) is 0 Å². The Kier molecular flexibility index (Phi) is 7.52. The zero-order chi connectivity index (χ0) is 13.3. The highest BCUT2D eigenvalue weighted by molar-refractivity contribution is 5.59. The summed E-state index contributed by atoms with van der Waals surface area (Å²) in [5.74, 6) is 0. The van der Waals surface area contributed by atoms with Gasteiger partial charge in [-0.1, -0.05) is 39.0 Å². The Bertz CT molecular complexity index is 223. The standard InChI is InChI=1S/C15H29NO2/c1-2-3-10-16(11-12-17)13-15(14-18)8-6-4-5-7-9-15/h14,17H,2-13H2,1H3. The third-order valence-electron chi connectivity index (χ3n) is 4.13. The molecule has 0 saturated heterocycles. The van der Waals surface area contributed by atoms with Gasteiger partial charge in [0, 0.05) is 18.5 Å². The molecule has 0 heterocycles. The number of carbonyl (C=O) groups is 1. The smallest absolute Gasteiger partial charge is 0.127 e. The molecule has 0 radical (unpaired) electrons. The van der Waals surface area contributed by atoms with Crippen molar-refractivity contribution in [2.75, 3.05) is 26.2 Å². The fourth-order valence-electron chi connectivity index (χ4n) is 2.98. The average Bonchev–Trinajstić information content (AvgIpc) is 2.62. The van der Waals surface area contributed by atoms with Gasteiger partial charge in [0.2, 0.25) is 0 Å². The average molecular weight is 255 g/mol. The van der Waals surface area contributed by atoms with Crippen LogP contribution in [0.4, 0.5) is 0 Å². The van der Waals surface area contributed by atoms with Gasteiger partial charge in [-0.25, -0.2) is 0 Å². The molecular weight excluding hydrogens is 226 g/mol. The van der Waals surface area contributed by atoms with Crippen LogP contribution >= 0.6 is 0 Å². The molecule has 0 aromatic rings. The molecule has 0 amide bonds. The Morgan fingerprint density at radius 3 is 2.33 bits per heavy atom. The van der Waals surface area contributed by atoms with Crippen molar-refractivity contribution in [2.24, 2.45) is 5.41 Å². The largest absolute Gasteiger partial charge is 0.395 e. The minimum absolute atomic E-state index is 0.139. The molecule has 106 valence electrons. The highest BCUT2D eigenvalue weighted by Crippen LogP contribution is 2.34. The van der Waals surface area contributed by atoms with Crippen LogP contribution in [0.1, 0.15) is 58.3 Å². The van der Waals surface area contributed by atoms with E-state index < -0.39 is 0 Å². The van der Waals surface area contributed by atoms with Crippen molar-refractivity contribution in [1.29, 1.82) is 0 Å². The van der Waals surface area contributed by atoms with Crippen molar-refractivity contribution in [3.63, 3.8) is 0 Å². The van der Waals surface area contributed by atoms with Crippen LogP contribution in [0.3, 0.4) is 0 Å². The number of nitrogens with zero attached hydrogens (tertiary/aromatic N) is 1. The highest BCUT2D eigenvalue weighted by atomic mass is 16.3. The van der Waals surface area contributed by atoms with Crippen molar-refractivity contribution in [3.05, 3.63) is 0 Å². The lowest BCUT2D eigenvalue weighted by Gasteiger charge is -2.33.